The van der Waals surface area contributed by atoms with Crippen LogP contribution in [0.15, 0.2) is 114 Å². The van der Waals surface area contributed by atoms with Crippen LogP contribution in [0.1, 0.15) is 16.7 Å². The highest BCUT2D eigenvalue weighted by Gasteiger charge is 2.31. The second kappa shape index (κ2) is 16.2. The second-order valence-corrected chi connectivity index (χ2v) is 13.0. The maximum Gasteiger partial charge on any atom is 0.261 e. The first-order valence-corrected chi connectivity index (χ1v) is 16.9. The van der Waals surface area contributed by atoms with Crippen LogP contribution in [0.25, 0.3) is 0 Å². The standard InChI is InChI=1S/C36H39N3O7S/c1-44-31-14-12-30(13-15-31)26-39(34(24-28-8-4-2-5-9-28)36(41)37-25-29-10-6-3-7-11-29)35(40)27-46-32-16-18-33(19-17-32)47(42,43)38-20-22-45-23-21-38/h2-19,34H,20-27H2,1H3,(H,37,41)/t34-/m0/s1. The summed E-state index contributed by atoms with van der Waals surface area (Å²) in [5, 5.41) is 3.02. The maximum atomic E-state index is 14.0. The molecule has 0 saturated carbocycles. The fourth-order valence-corrected chi connectivity index (χ4v) is 6.66. The summed E-state index contributed by atoms with van der Waals surface area (Å²) in [7, 11) is -2.09. The lowest BCUT2D eigenvalue weighted by molar-refractivity contribution is -0.142. The number of morpholine rings is 1. The average molecular weight is 658 g/mol. The lowest BCUT2D eigenvalue weighted by Crippen LogP contribution is -2.51. The Kier molecular flexibility index (Phi) is 11.6. The van der Waals surface area contributed by atoms with E-state index in [-0.39, 0.29) is 30.4 Å². The van der Waals surface area contributed by atoms with Crippen LogP contribution < -0.4 is 14.8 Å². The molecule has 0 unspecified atom stereocenters. The topological polar surface area (TPSA) is 114 Å². The lowest BCUT2D eigenvalue weighted by atomic mass is 10.0. The Bertz CT molecular complexity index is 1700. The van der Waals surface area contributed by atoms with Gasteiger partial charge in [0.15, 0.2) is 6.61 Å². The van der Waals surface area contributed by atoms with E-state index < -0.39 is 22.0 Å². The van der Waals surface area contributed by atoms with Crippen LogP contribution in [-0.2, 0) is 43.9 Å². The number of hydrogen-bond acceptors (Lipinski definition) is 7. The molecule has 246 valence electrons. The molecule has 11 heteroatoms. The summed E-state index contributed by atoms with van der Waals surface area (Å²) in [5.74, 6) is 0.311. The first kappa shape index (κ1) is 33.6. The molecule has 47 heavy (non-hydrogen) atoms. The van der Waals surface area contributed by atoms with Crippen molar-refractivity contribution in [3.05, 3.63) is 126 Å². The van der Waals surface area contributed by atoms with Crippen molar-refractivity contribution in [2.75, 3.05) is 40.0 Å². The van der Waals surface area contributed by atoms with Crippen LogP contribution in [0, 0.1) is 0 Å². The van der Waals surface area contributed by atoms with Crippen LogP contribution in [0.5, 0.6) is 11.5 Å². The van der Waals surface area contributed by atoms with Gasteiger partial charge < -0.3 is 24.4 Å². The van der Waals surface area contributed by atoms with Crippen LogP contribution >= 0.6 is 0 Å². The first-order chi connectivity index (χ1) is 22.8. The van der Waals surface area contributed by atoms with Gasteiger partial charge in [-0.3, -0.25) is 9.59 Å². The predicted octanol–water partition coefficient (Wildman–Crippen LogP) is 4.05. The van der Waals surface area contributed by atoms with Crippen molar-refractivity contribution >= 4 is 21.8 Å². The number of ether oxygens (including phenoxy) is 3. The van der Waals surface area contributed by atoms with Gasteiger partial charge in [-0.05, 0) is 53.1 Å². The molecule has 1 aliphatic rings. The highest BCUT2D eigenvalue weighted by atomic mass is 32.2. The van der Waals surface area contributed by atoms with Crippen molar-refractivity contribution in [3.8, 4) is 11.5 Å². The molecule has 0 radical (unpaired) electrons. The molecule has 1 N–H and O–H groups in total. The summed E-state index contributed by atoms with van der Waals surface area (Å²) in [6, 6.07) is 31.6. The van der Waals surface area contributed by atoms with E-state index in [1.807, 2.05) is 84.9 Å². The Balaban J connectivity index is 1.36. The van der Waals surface area contributed by atoms with Crippen LogP contribution in [0.4, 0.5) is 0 Å². The Hall–Kier alpha value is -4.71. The molecule has 4 aromatic rings. The third kappa shape index (κ3) is 9.19. The number of carbonyl (C=O) groups excluding carboxylic acids is 2. The number of rotatable bonds is 14. The molecule has 0 aliphatic carbocycles. The van der Waals surface area contributed by atoms with Gasteiger partial charge in [0.25, 0.3) is 5.91 Å². The fourth-order valence-electron chi connectivity index (χ4n) is 5.26. The third-order valence-corrected chi connectivity index (χ3v) is 9.80. The van der Waals surface area contributed by atoms with Crippen LogP contribution in [0.3, 0.4) is 0 Å². The minimum Gasteiger partial charge on any atom is -0.497 e. The number of carbonyl (C=O) groups is 2. The summed E-state index contributed by atoms with van der Waals surface area (Å²) >= 11 is 0. The highest BCUT2D eigenvalue weighted by molar-refractivity contribution is 7.89. The summed E-state index contributed by atoms with van der Waals surface area (Å²) < 4.78 is 43.9. The summed E-state index contributed by atoms with van der Waals surface area (Å²) in [5.41, 5.74) is 2.65. The Labute approximate surface area is 275 Å². The van der Waals surface area contributed by atoms with Gasteiger partial charge >= 0.3 is 0 Å². The molecular weight excluding hydrogens is 618 g/mol. The number of sulfonamides is 1. The number of nitrogens with zero attached hydrogens (tertiary/aromatic N) is 2. The van der Waals surface area contributed by atoms with Gasteiger partial charge in [-0.2, -0.15) is 4.31 Å². The van der Waals surface area contributed by atoms with Crippen molar-refractivity contribution in [2.24, 2.45) is 0 Å². The highest BCUT2D eigenvalue weighted by Crippen LogP contribution is 2.22. The number of hydrogen-bond donors (Lipinski definition) is 1. The molecule has 0 aromatic heterocycles. The number of methoxy groups -OCH3 is 1. The van der Waals surface area contributed by atoms with Crippen LogP contribution in [0.2, 0.25) is 0 Å². The largest absolute Gasteiger partial charge is 0.497 e. The number of benzene rings is 4. The van der Waals surface area contributed by atoms with E-state index >= 15 is 0 Å². The SMILES string of the molecule is COc1ccc(CN(C(=O)COc2ccc(S(=O)(=O)N3CCOCC3)cc2)[C@@H](Cc2ccccc2)C(=O)NCc2ccccc2)cc1. The van der Waals surface area contributed by atoms with Crippen molar-refractivity contribution in [2.45, 2.75) is 30.4 Å². The van der Waals surface area contributed by atoms with Crippen molar-refractivity contribution in [1.29, 1.82) is 0 Å². The van der Waals surface area contributed by atoms with Gasteiger partial charge in [-0.1, -0.05) is 72.8 Å². The molecule has 5 rings (SSSR count). The van der Waals surface area contributed by atoms with E-state index in [0.717, 1.165) is 16.7 Å². The minimum absolute atomic E-state index is 0.136. The van der Waals surface area contributed by atoms with Crippen molar-refractivity contribution < 1.29 is 32.2 Å². The smallest absolute Gasteiger partial charge is 0.261 e. The second-order valence-electron chi connectivity index (χ2n) is 11.1. The van der Waals surface area contributed by atoms with Crippen molar-refractivity contribution in [3.63, 3.8) is 0 Å². The van der Waals surface area contributed by atoms with E-state index in [1.165, 1.54) is 33.5 Å². The predicted molar refractivity (Wildman–Crippen MR) is 177 cm³/mol. The Morgan fingerprint density at radius 2 is 1.40 bits per heavy atom. The van der Waals surface area contributed by atoms with Gasteiger partial charge in [0.05, 0.1) is 25.2 Å². The molecule has 1 atom stereocenters. The normalized spacial score (nSPS) is 14.1. The average Bonchev–Trinajstić information content (AvgIpc) is 3.12. The molecule has 1 aliphatic heterocycles. The van der Waals surface area contributed by atoms with Gasteiger partial charge in [0.2, 0.25) is 15.9 Å². The van der Waals surface area contributed by atoms with E-state index in [4.69, 9.17) is 14.2 Å². The van der Waals surface area contributed by atoms with Gasteiger partial charge in [-0.25, -0.2) is 8.42 Å². The maximum absolute atomic E-state index is 14.0. The molecule has 10 nitrogen and oxygen atoms in total. The zero-order valence-electron chi connectivity index (χ0n) is 26.3. The quantitative estimate of drug-likeness (QED) is 0.218. The minimum atomic E-state index is -3.67. The molecule has 0 spiro atoms. The summed E-state index contributed by atoms with van der Waals surface area (Å²) in [6.45, 7) is 1.40. The van der Waals surface area contributed by atoms with E-state index in [2.05, 4.69) is 5.32 Å². The van der Waals surface area contributed by atoms with Gasteiger partial charge in [0.1, 0.15) is 17.5 Å². The van der Waals surface area contributed by atoms with E-state index in [1.54, 1.807) is 7.11 Å². The molecule has 1 fully saturated rings. The molecule has 1 saturated heterocycles. The zero-order valence-corrected chi connectivity index (χ0v) is 27.1. The Morgan fingerprint density at radius 1 is 0.809 bits per heavy atom. The lowest BCUT2D eigenvalue weighted by Gasteiger charge is -2.31. The van der Waals surface area contributed by atoms with Gasteiger partial charge in [0, 0.05) is 32.6 Å². The summed E-state index contributed by atoms with van der Waals surface area (Å²) in [6.07, 6.45) is 0.289. The van der Waals surface area contributed by atoms with E-state index in [0.29, 0.717) is 44.3 Å². The van der Waals surface area contributed by atoms with Crippen molar-refractivity contribution in [1.82, 2.24) is 14.5 Å². The third-order valence-electron chi connectivity index (χ3n) is 7.89. The summed E-state index contributed by atoms with van der Waals surface area (Å²) in [4.78, 5) is 29.5. The number of nitrogens with one attached hydrogen (secondary N) is 1. The first-order valence-electron chi connectivity index (χ1n) is 15.4. The molecule has 1 heterocycles. The fraction of sp³-hybridized carbons (Fsp3) is 0.278. The zero-order chi connectivity index (χ0) is 33.1. The molecule has 4 aromatic carbocycles. The molecule has 2 amide bonds. The van der Waals surface area contributed by atoms with Gasteiger partial charge in [-0.15, -0.1) is 0 Å². The molecule has 0 bridgehead atoms. The monoisotopic (exact) mass is 657 g/mol. The van der Waals surface area contributed by atoms with Crippen LogP contribution in [-0.4, -0.2) is 75.5 Å². The van der Waals surface area contributed by atoms with E-state index in [9.17, 15) is 18.0 Å². The number of amides is 2. The Morgan fingerprint density at radius 3 is 2.02 bits per heavy atom. The molecular formula is C36H39N3O7S.